The summed E-state index contributed by atoms with van der Waals surface area (Å²) in [4.78, 5) is 33.5. The molecule has 2 aliphatic rings. The van der Waals surface area contributed by atoms with Gasteiger partial charge < -0.3 is 25.4 Å². The molecule has 9 nitrogen and oxygen atoms in total. The number of hydrogen-bond acceptors (Lipinski definition) is 7. The first kappa shape index (κ1) is 22.0. The standard InChI is InChI=1S/C25H28N8OS/c34-25(26-7-12-32-8-1-2-9-32)33-10-5-17(6-11-33)21-14-19-23(27-15-28-24(19)31-21)30-18-3-4-20-22(13-18)35-16-29-20/h3-5,13-16H,1-2,6-12H2,(H,26,34)(H2,27,28,30,31). The first-order valence-corrected chi connectivity index (χ1v) is 13.0. The largest absolute Gasteiger partial charge is 0.340 e. The molecule has 1 fully saturated rings. The number of fused-ring (bicyclic) bond motifs is 2. The smallest absolute Gasteiger partial charge is 0.317 e. The zero-order chi connectivity index (χ0) is 23.6. The molecule has 1 saturated heterocycles. The predicted molar refractivity (Wildman–Crippen MR) is 140 cm³/mol. The molecule has 0 aliphatic carbocycles. The molecule has 0 radical (unpaired) electrons. The lowest BCUT2D eigenvalue weighted by Crippen LogP contribution is -2.44. The molecule has 6 rings (SSSR count). The number of benzene rings is 1. The van der Waals surface area contributed by atoms with Gasteiger partial charge in [-0.3, -0.25) is 0 Å². The van der Waals surface area contributed by atoms with Gasteiger partial charge in [0.2, 0.25) is 0 Å². The molecule has 10 heteroatoms. The molecule has 2 aliphatic heterocycles. The molecule has 0 spiro atoms. The second-order valence-electron chi connectivity index (χ2n) is 9.03. The predicted octanol–water partition coefficient (Wildman–Crippen LogP) is 4.21. The topological polar surface area (TPSA) is 102 Å². The number of aromatic nitrogens is 4. The molecule has 1 aromatic carbocycles. The fourth-order valence-corrected chi connectivity index (χ4v) is 5.54. The van der Waals surface area contributed by atoms with Crippen molar-refractivity contribution >= 4 is 55.7 Å². The maximum absolute atomic E-state index is 12.6. The summed E-state index contributed by atoms with van der Waals surface area (Å²) in [7, 11) is 0. The average Bonchev–Trinajstić information content (AvgIpc) is 3.65. The summed E-state index contributed by atoms with van der Waals surface area (Å²) in [6, 6.07) is 8.23. The molecule has 35 heavy (non-hydrogen) atoms. The van der Waals surface area contributed by atoms with Crippen molar-refractivity contribution in [2.45, 2.75) is 19.3 Å². The number of H-pyrrole nitrogens is 1. The molecule has 0 atom stereocenters. The summed E-state index contributed by atoms with van der Waals surface area (Å²) >= 11 is 1.62. The van der Waals surface area contributed by atoms with Crippen molar-refractivity contribution in [2.24, 2.45) is 0 Å². The fourth-order valence-electron chi connectivity index (χ4n) is 4.82. The van der Waals surface area contributed by atoms with Gasteiger partial charge in [0.1, 0.15) is 17.8 Å². The molecule has 2 amide bonds. The molecular weight excluding hydrogens is 460 g/mol. The Bertz CT molecular complexity index is 1390. The second kappa shape index (κ2) is 9.63. The number of nitrogens with zero attached hydrogens (tertiary/aromatic N) is 5. The Hall–Kier alpha value is -3.50. The van der Waals surface area contributed by atoms with E-state index in [4.69, 9.17) is 0 Å². The van der Waals surface area contributed by atoms with Crippen LogP contribution >= 0.6 is 11.3 Å². The number of aromatic amines is 1. The van der Waals surface area contributed by atoms with Crippen LogP contribution < -0.4 is 10.6 Å². The van der Waals surface area contributed by atoms with E-state index in [1.165, 1.54) is 18.4 Å². The molecule has 4 aromatic rings. The Morgan fingerprint density at radius 2 is 2.03 bits per heavy atom. The average molecular weight is 489 g/mol. The maximum atomic E-state index is 12.6. The summed E-state index contributed by atoms with van der Waals surface area (Å²) in [5.41, 5.74) is 6.83. The molecule has 0 saturated carbocycles. The van der Waals surface area contributed by atoms with E-state index in [-0.39, 0.29) is 6.03 Å². The molecule has 5 heterocycles. The Labute approximate surface area is 207 Å². The Morgan fingerprint density at radius 1 is 1.11 bits per heavy atom. The SMILES string of the molecule is O=C(NCCN1CCCC1)N1CC=C(c2cc3c(Nc4ccc5ncsc5c4)ncnc3[nH]2)CC1. The van der Waals surface area contributed by atoms with Crippen molar-refractivity contribution in [1.29, 1.82) is 0 Å². The third-order valence-corrected chi connectivity index (χ3v) is 7.56. The summed E-state index contributed by atoms with van der Waals surface area (Å²) in [6.45, 7) is 5.25. The second-order valence-corrected chi connectivity index (χ2v) is 9.92. The Balaban J connectivity index is 1.12. The van der Waals surface area contributed by atoms with Crippen molar-refractivity contribution in [2.75, 3.05) is 44.6 Å². The summed E-state index contributed by atoms with van der Waals surface area (Å²) < 4.78 is 1.13. The van der Waals surface area contributed by atoms with Crippen LogP contribution in [0.2, 0.25) is 0 Å². The minimum absolute atomic E-state index is 0.0198. The fraction of sp³-hybridized carbons (Fsp3) is 0.360. The zero-order valence-corrected chi connectivity index (χ0v) is 20.3. The lowest BCUT2D eigenvalue weighted by atomic mass is 10.1. The molecule has 0 bridgehead atoms. The number of nitrogens with one attached hydrogen (secondary N) is 3. The lowest BCUT2D eigenvalue weighted by Gasteiger charge is -2.27. The maximum Gasteiger partial charge on any atom is 0.317 e. The quantitative estimate of drug-likeness (QED) is 0.376. The van der Waals surface area contributed by atoms with Gasteiger partial charge in [-0.2, -0.15) is 0 Å². The Morgan fingerprint density at radius 3 is 2.89 bits per heavy atom. The number of urea groups is 1. The van der Waals surface area contributed by atoms with E-state index in [1.54, 1.807) is 17.7 Å². The van der Waals surface area contributed by atoms with Crippen molar-refractivity contribution in [3.8, 4) is 0 Å². The number of likely N-dealkylation sites (tertiary alicyclic amines) is 1. The van der Waals surface area contributed by atoms with Crippen LogP contribution in [-0.2, 0) is 0 Å². The van der Waals surface area contributed by atoms with Gasteiger partial charge in [0.15, 0.2) is 0 Å². The third-order valence-electron chi connectivity index (χ3n) is 6.76. The van der Waals surface area contributed by atoms with Gasteiger partial charge in [0, 0.05) is 37.6 Å². The van der Waals surface area contributed by atoms with E-state index in [9.17, 15) is 4.79 Å². The number of carbonyl (C=O) groups excluding carboxylic acids is 1. The highest BCUT2D eigenvalue weighted by Crippen LogP contribution is 2.30. The number of carbonyl (C=O) groups is 1. The highest BCUT2D eigenvalue weighted by molar-refractivity contribution is 7.16. The first-order chi connectivity index (χ1) is 17.2. The zero-order valence-electron chi connectivity index (χ0n) is 19.5. The van der Waals surface area contributed by atoms with E-state index in [2.05, 4.69) is 53.7 Å². The highest BCUT2D eigenvalue weighted by Gasteiger charge is 2.20. The molecule has 3 aromatic heterocycles. The van der Waals surface area contributed by atoms with Crippen LogP contribution in [-0.4, -0.2) is 75.0 Å². The number of amides is 2. The number of thiazole rings is 1. The normalized spacial score (nSPS) is 16.7. The molecular formula is C25H28N8OS. The van der Waals surface area contributed by atoms with Crippen LogP contribution in [0, 0.1) is 0 Å². The minimum Gasteiger partial charge on any atom is -0.340 e. The van der Waals surface area contributed by atoms with Gasteiger partial charge in [-0.15, -0.1) is 11.3 Å². The van der Waals surface area contributed by atoms with E-state index in [0.29, 0.717) is 19.6 Å². The van der Waals surface area contributed by atoms with Crippen molar-refractivity contribution in [3.63, 3.8) is 0 Å². The third kappa shape index (κ3) is 4.71. The number of anilines is 2. The highest BCUT2D eigenvalue weighted by atomic mass is 32.1. The van der Waals surface area contributed by atoms with Crippen LogP contribution in [0.5, 0.6) is 0 Å². The molecule has 180 valence electrons. The van der Waals surface area contributed by atoms with E-state index < -0.39 is 0 Å². The molecule has 0 unspecified atom stereocenters. The van der Waals surface area contributed by atoms with Crippen molar-refractivity contribution in [1.82, 2.24) is 35.1 Å². The Kier molecular flexibility index (Phi) is 6.05. The number of hydrogen-bond donors (Lipinski definition) is 3. The van der Waals surface area contributed by atoms with Gasteiger partial charge in [0.25, 0.3) is 0 Å². The van der Waals surface area contributed by atoms with Crippen LogP contribution in [0.1, 0.15) is 25.0 Å². The van der Waals surface area contributed by atoms with E-state index >= 15 is 0 Å². The summed E-state index contributed by atoms with van der Waals surface area (Å²) in [5, 5.41) is 7.44. The van der Waals surface area contributed by atoms with Gasteiger partial charge in [-0.25, -0.2) is 19.7 Å². The van der Waals surface area contributed by atoms with Crippen molar-refractivity contribution in [3.05, 3.63) is 47.9 Å². The summed E-state index contributed by atoms with van der Waals surface area (Å²) in [5.74, 6) is 0.761. The van der Waals surface area contributed by atoms with Crippen molar-refractivity contribution < 1.29 is 4.79 Å². The monoisotopic (exact) mass is 488 g/mol. The first-order valence-electron chi connectivity index (χ1n) is 12.1. The van der Waals surface area contributed by atoms with Crippen LogP contribution in [0.25, 0.3) is 26.8 Å². The van der Waals surface area contributed by atoms with Gasteiger partial charge >= 0.3 is 6.03 Å². The minimum atomic E-state index is 0.0198. The van der Waals surface area contributed by atoms with Gasteiger partial charge in [-0.05, 0) is 62.2 Å². The van der Waals surface area contributed by atoms with E-state index in [1.807, 2.05) is 22.5 Å². The van der Waals surface area contributed by atoms with E-state index in [0.717, 1.165) is 64.5 Å². The summed E-state index contributed by atoms with van der Waals surface area (Å²) in [6.07, 6.45) is 7.04. The molecule has 3 N–H and O–H groups in total. The van der Waals surface area contributed by atoms with Crippen LogP contribution in [0.4, 0.5) is 16.3 Å². The van der Waals surface area contributed by atoms with Crippen LogP contribution in [0.3, 0.4) is 0 Å². The van der Waals surface area contributed by atoms with Crippen LogP contribution in [0.15, 0.2) is 42.2 Å². The lowest BCUT2D eigenvalue weighted by molar-refractivity contribution is 0.201. The number of rotatable bonds is 6. The van der Waals surface area contributed by atoms with Gasteiger partial charge in [0.05, 0.1) is 21.1 Å². The van der Waals surface area contributed by atoms with Gasteiger partial charge in [-0.1, -0.05) is 6.08 Å².